The van der Waals surface area contributed by atoms with Gasteiger partial charge in [0.05, 0.1) is 0 Å². The van der Waals surface area contributed by atoms with Gasteiger partial charge in [0, 0.05) is 10.5 Å². The second kappa shape index (κ2) is 6.69. The zero-order valence-electron chi connectivity index (χ0n) is 11.1. The largest absolute Gasteiger partial charge is 0.271 e. The van der Waals surface area contributed by atoms with Gasteiger partial charge in [-0.2, -0.15) is 0 Å². The molecule has 0 aliphatic heterocycles. The normalized spacial score (nSPS) is 18.8. The summed E-state index contributed by atoms with van der Waals surface area (Å²) in [5, 5.41) is 0. The van der Waals surface area contributed by atoms with E-state index < -0.39 is 0 Å². The highest BCUT2D eigenvalue weighted by Gasteiger charge is 2.20. The molecular formula is C15H23BrN2. The van der Waals surface area contributed by atoms with Crippen molar-refractivity contribution in [3.05, 3.63) is 33.8 Å². The zero-order valence-corrected chi connectivity index (χ0v) is 12.7. The highest BCUT2D eigenvalue weighted by molar-refractivity contribution is 9.10. The predicted molar refractivity (Wildman–Crippen MR) is 80.1 cm³/mol. The van der Waals surface area contributed by atoms with Crippen LogP contribution in [-0.2, 0) is 0 Å². The van der Waals surface area contributed by atoms with Gasteiger partial charge in [0.25, 0.3) is 0 Å². The van der Waals surface area contributed by atoms with Gasteiger partial charge in [0.15, 0.2) is 0 Å². The van der Waals surface area contributed by atoms with Gasteiger partial charge in [-0.25, -0.2) is 0 Å². The Morgan fingerprint density at radius 1 is 1.33 bits per heavy atom. The van der Waals surface area contributed by atoms with Crippen LogP contribution in [0.1, 0.15) is 55.7 Å². The van der Waals surface area contributed by atoms with Crippen LogP contribution >= 0.6 is 15.9 Å². The van der Waals surface area contributed by atoms with E-state index in [0.717, 1.165) is 12.3 Å². The Hall–Kier alpha value is -0.380. The number of hydrogen-bond donors (Lipinski definition) is 2. The maximum atomic E-state index is 5.76. The van der Waals surface area contributed by atoms with Crippen LogP contribution in [0.5, 0.6) is 0 Å². The molecule has 1 aliphatic carbocycles. The van der Waals surface area contributed by atoms with E-state index in [9.17, 15) is 0 Å². The Morgan fingerprint density at radius 2 is 2.06 bits per heavy atom. The number of nitrogens with two attached hydrogens (primary N) is 1. The smallest absolute Gasteiger partial charge is 0.0473 e. The number of hydrogen-bond acceptors (Lipinski definition) is 2. The summed E-state index contributed by atoms with van der Waals surface area (Å²) in [4.78, 5) is 0. The summed E-state index contributed by atoms with van der Waals surface area (Å²) < 4.78 is 1.17. The van der Waals surface area contributed by atoms with Gasteiger partial charge in [0.1, 0.15) is 0 Å². The average molecular weight is 311 g/mol. The first kappa shape index (κ1) is 14.0. The molecule has 0 bridgehead atoms. The molecule has 0 heterocycles. The van der Waals surface area contributed by atoms with Crippen molar-refractivity contribution in [2.24, 2.45) is 11.8 Å². The van der Waals surface area contributed by atoms with Gasteiger partial charge in [0.2, 0.25) is 0 Å². The maximum Gasteiger partial charge on any atom is 0.0473 e. The van der Waals surface area contributed by atoms with Crippen molar-refractivity contribution in [1.82, 2.24) is 5.43 Å². The predicted octanol–water partition coefficient (Wildman–Crippen LogP) is 4.23. The number of halogens is 1. The van der Waals surface area contributed by atoms with E-state index in [2.05, 4.69) is 46.5 Å². The topological polar surface area (TPSA) is 38.0 Å². The maximum absolute atomic E-state index is 5.76. The minimum Gasteiger partial charge on any atom is -0.271 e. The van der Waals surface area contributed by atoms with E-state index in [1.54, 1.807) is 0 Å². The first-order chi connectivity index (χ1) is 8.70. The van der Waals surface area contributed by atoms with Gasteiger partial charge in [-0.1, -0.05) is 60.2 Å². The first-order valence-electron chi connectivity index (χ1n) is 6.93. The first-order valence-corrected chi connectivity index (χ1v) is 7.72. The second-order valence-corrected chi connectivity index (χ2v) is 6.34. The van der Waals surface area contributed by atoms with Crippen LogP contribution < -0.4 is 11.3 Å². The Labute approximate surface area is 118 Å². The quantitative estimate of drug-likeness (QED) is 0.645. The fourth-order valence-electron chi connectivity index (χ4n) is 2.96. The van der Waals surface area contributed by atoms with Crippen LogP contribution in [0.3, 0.4) is 0 Å². The Kier molecular flexibility index (Phi) is 5.22. The van der Waals surface area contributed by atoms with Gasteiger partial charge >= 0.3 is 0 Å². The summed E-state index contributed by atoms with van der Waals surface area (Å²) in [5.74, 6) is 6.58. The highest BCUT2D eigenvalue weighted by Crippen LogP contribution is 2.34. The summed E-state index contributed by atoms with van der Waals surface area (Å²) in [5.41, 5.74) is 5.56. The van der Waals surface area contributed by atoms with Gasteiger partial charge in [-0.05, 0) is 36.5 Å². The summed E-state index contributed by atoms with van der Waals surface area (Å²) in [6.07, 6.45) is 8.06. The van der Waals surface area contributed by atoms with E-state index in [1.807, 2.05) is 0 Å². The van der Waals surface area contributed by atoms with E-state index in [-0.39, 0.29) is 6.04 Å². The molecule has 1 saturated carbocycles. The van der Waals surface area contributed by atoms with E-state index in [4.69, 9.17) is 5.84 Å². The molecule has 1 aromatic rings. The van der Waals surface area contributed by atoms with E-state index >= 15 is 0 Å². The molecule has 2 rings (SSSR count). The minimum atomic E-state index is 0.267. The third-order valence-corrected chi connectivity index (χ3v) is 4.71. The van der Waals surface area contributed by atoms with Crippen molar-refractivity contribution >= 4 is 15.9 Å². The van der Waals surface area contributed by atoms with Crippen molar-refractivity contribution in [3.8, 4) is 0 Å². The highest BCUT2D eigenvalue weighted by atomic mass is 79.9. The molecule has 18 heavy (non-hydrogen) atoms. The molecule has 1 aromatic carbocycles. The lowest BCUT2D eigenvalue weighted by atomic mass is 9.83. The lowest BCUT2D eigenvalue weighted by Gasteiger charge is -2.27. The number of benzene rings is 1. The number of rotatable bonds is 4. The Balaban J connectivity index is 2.07. The van der Waals surface area contributed by atoms with Crippen LogP contribution in [0.25, 0.3) is 0 Å². The number of hydrazine groups is 1. The van der Waals surface area contributed by atoms with Crippen LogP contribution in [0.4, 0.5) is 0 Å². The molecular weight excluding hydrogens is 288 g/mol. The molecule has 1 aliphatic rings. The molecule has 2 nitrogen and oxygen atoms in total. The molecule has 1 atom stereocenters. The van der Waals surface area contributed by atoms with Crippen molar-refractivity contribution in [2.75, 3.05) is 0 Å². The molecule has 0 aromatic heterocycles. The van der Waals surface area contributed by atoms with Gasteiger partial charge in [-0.15, -0.1) is 0 Å². The molecule has 1 unspecified atom stereocenters. The van der Waals surface area contributed by atoms with E-state index in [0.29, 0.717) is 0 Å². The van der Waals surface area contributed by atoms with Crippen molar-refractivity contribution < 1.29 is 0 Å². The third kappa shape index (κ3) is 3.56. The molecule has 0 amide bonds. The summed E-state index contributed by atoms with van der Waals surface area (Å²) in [6.45, 7) is 2.11. The monoisotopic (exact) mass is 310 g/mol. The van der Waals surface area contributed by atoms with Crippen LogP contribution in [0.15, 0.2) is 22.7 Å². The second-order valence-electron chi connectivity index (χ2n) is 5.48. The molecule has 3 heteroatoms. The average Bonchev–Trinajstić information content (AvgIpc) is 2.38. The zero-order chi connectivity index (χ0) is 13.0. The summed E-state index contributed by atoms with van der Waals surface area (Å²) in [7, 11) is 0. The molecule has 0 radical (unpaired) electrons. The van der Waals surface area contributed by atoms with Crippen LogP contribution in [0.2, 0.25) is 0 Å². The minimum absolute atomic E-state index is 0.267. The fourth-order valence-corrected chi connectivity index (χ4v) is 3.73. The molecule has 0 spiro atoms. The molecule has 1 fully saturated rings. The van der Waals surface area contributed by atoms with E-state index in [1.165, 1.54) is 47.7 Å². The Bertz CT molecular complexity index is 386. The lowest BCUT2D eigenvalue weighted by molar-refractivity contribution is 0.300. The summed E-state index contributed by atoms with van der Waals surface area (Å²) >= 11 is 3.66. The SMILES string of the molecule is Cc1ccc(C(CC2CCCCC2)NN)c(Br)c1. The Morgan fingerprint density at radius 3 is 2.67 bits per heavy atom. The van der Waals surface area contributed by atoms with Gasteiger partial charge in [-0.3, -0.25) is 11.3 Å². The molecule has 100 valence electrons. The lowest BCUT2D eigenvalue weighted by Crippen LogP contribution is -2.30. The molecule has 0 saturated heterocycles. The van der Waals surface area contributed by atoms with Crippen LogP contribution in [-0.4, -0.2) is 0 Å². The van der Waals surface area contributed by atoms with Crippen molar-refractivity contribution in [2.45, 2.75) is 51.5 Å². The third-order valence-electron chi connectivity index (χ3n) is 4.03. The number of aryl methyl sites for hydroxylation is 1. The van der Waals surface area contributed by atoms with Gasteiger partial charge < -0.3 is 0 Å². The van der Waals surface area contributed by atoms with Crippen LogP contribution in [0, 0.1) is 12.8 Å². The van der Waals surface area contributed by atoms with Crippen molar-refractivity contribution in [3.63, 3.8) is 0 Å². The summed E-state index contributed by atoms with van der Waals surface area (Å²) in [6, 6.07) is 6.78. The standard InChI is InChI=1S/C15H23BrN2/c1-11-7-8-13(14(16)9-11)15(18-17)10-12-5-3-2-4-6-12/h7-9,12,15,18H,2-6,10,17H2,1H3. The van der Waals surface area contributed by atoms with Crippen molar-refractivity contribution in [1.29, 1.82) is 0 Å². The molecule has 3 N–H and O–H groups in total. The fraction of sp³-hybridized carbons (Fsp3) is 0.600. The number of nitrogens with one attached hydrogen (secondary N) is 1.